The number of aromatic nitrogens is 3. The van der Waals surface area contributed by atoms with Gasteiger partial charge < -0.3 is 9.88 Å². The van der Waals surface area contributed by atoms with Gasteiger partial charge in [-0.15, -0.1) is 11.3 Å². The van der Waals surface area contributed by atoms with Crippen molar-refractivity contribution in [2.75, 3.05) is 12.3 Å². The summed E-state index contributed by atoms with van der Waals surface area (Å²) in [7, 11) is 0. The molecule has 0 saturated carbocycles. The summed E-state index contributed by atoms with van der Waals surface area (Å²) in [5.41, 5.74) is 3.08. The average Bonchev–Trinajstić information content (AvgIpc) is 3.47. The lowest BCUT2D eigenvalue weighted by atomic mass is 10.2. The average molecular weight is 423 g/mol. The molecule has 0 aliphatic carbocycles. The minimum atomic E-state index is 0.142. The first kappa shape index (κ1) is 18.6. The zero-order valence-corrected chi connectivity index (χ0v) is 17.6. The molecule has 5 nitrogen and oxygen atoms in total. The third-order valence-electron chi connectivity index (χ3n) is 5.31. The summed E-state index contributed by atoms with van der Waals surface area (Å²) in [6, 6.07) is 16.4. The van der Waals surface area contributed by atoms with Crippen LogP contribution in [-0.4, -0.2) is 38.1 Å². The molecule has 2 aromatic heterocycles. The number of rotatable bonds is 6. The first-order chi connectivity index (χ1) is 14.3. The van der Waals surface area contributed by atoms with Crippen LogP contribution in [0.4, 0.5) is 0 Å². The topological polar surface area (TPSA) is 61.9 Å². The SMILES string of the molecule is O=C(CCCSc1nc2ccccc2[nH]1)N1CCC[C@@H]1c1nc2ccccc2s1. The summed E-state index contributed by atoms with van der Waals surface area (Å²) in [6.45, 7) is 0.843. The smallest absolute Gasteiger partial charge is 0.223 e. The Morgan fingerprint density at radius 2 is 1.97 bits per heavy atom. The summed E-state index contributed by atoms with van der Waals surface area (Å²) in [5, 5.41) is 2.00. The Labute approximate surface area is 177 Å². The number of para-hydroxylation sites is 3. The van der Waals surface area contributed by atoms with Crippen LogP contribution in [-0.2, 0) is 4.79 Å². The van der Waals surface area contributed by atoms with Crippen molar-refractivity contribution in [3.8, 4) is 0 Å². The largest absolute Gasteiger partial charge is 0.333 e. The van der Waals surface area contributed by atoms with Gasteiger partial charge in [0, 0.05) is 18.7 Å². The highest BCUT2D eigenvalue weighted by molar-refractivity contribution is 7.99. The van der Waals surface area contributed by atoms with E-state index in [9.17, 15) is 4.79 Å². The van der Waals surface area contributed by atoms with Gasteiger partial charge in [0.2, 0.25) is 5.91 Å². The lowest BCUT2D eigenvalue weighted by molar-refractivity contribution is -0.132. The van der Waals surface area contributed by atoms with E-state index in [1.807, 2.05) is 47.4 Å². The number of likely N-dealkylation sites (tertiary alicyclic amines) is 1. The molecule has 1 aliphatic rings. The fourth-order valence-electron chi connectivity index (χ4n) is 3.89. The zero-order chi connectivity index (χ0) is 19.6. The summed E-state index contributed by atoms with van der Waals surface area (Å²) in [4.78, 5) is 27.6. The summed E-state index contributed by atoms with van der Waals surface area (Å²) in [6.07, 6.45) is 3.50. The van der Waals surface area contributed by atoms with Crippen LogP contribution in [0, 0.1) is 0 Å². The molecule has 1 atom stereocenters. The van der Waals surface area contributed by atoms with Gasteiger partial charge in [0.25, 0.3) is 0 Å². The molecule has 0 spiro atoms. The van der Waals surface area contributed by atoms with Crippen LogP contribution in [0.5, 0.6) is 0 Å². The number of aromatic amines is 1. The molecule has 148 valence electrons. The number of hydrogen-bond donors (Lipinski definition) is 1. The van der Waals surface area contributed by atoms with Gasteiger partial charge in [0.05, 0.1) is 27.3 Å². The third kappa shape index (κ3) is 3.89. The van der Waals surface area contributed by atoms with Crippen LogP contribution in [0.25, 0.3) is 21.3 Å². The summed E-state index contributed by atoms with van der Waals surface area (Å²) < 4.78 is 1.20. The molecule has 7 heteroatoms. The maximum absolute atomic E-state index is 12.9. The quantitative estimate of drug-likeness (QED) is 0.333. The Hall–Kier alpha value is -2.38. The van der Waals surface area contributed by atoms with Crippen molar-refractivity contribution in [2.24, 2.45) is 0 Å². The van der Waals surface area contributed by atoms with Gasteiger partial charge in [-0.25, -0.2) is 9.97 Å². The molecule has 1 saturated heterocycles. The van der Waals surface area contributed by atoms with E-state index in [0.717, 1.165) is 58.3 Å². The molecular formula is C22H22N4OS2. The molecule has 5 rings (SSSR count). The molecule has 2 aromatic carbocycles. The van der Waals surface area contributed by atoms with Gasteiger partial charge in [-0.05, 0) is 43.5 Å². The molecule has 1 amide bonds. The Bertz CT molecular complexity index is 1090. The van der Waals surface area contributed by atoms with Crippen LogP contribution in [0.3, 0.4) is 0 Å². The number of H-pyrrole nitrogens is 1. The van der Waals surface area contributed by atoms with Gasteiger partial charge in [-0.3, -0.25) is 4.79 Å². The highest BCUT2D eigenvalue weighted by atomic mass is 32.2. The standard InChI is InChI=1S/C22H22N4OS2/c27-20(12-6-14-28-22-24-15-7-1-2-8-16(15)25-22)26-13-5-10-18(26)21-23-17-9-3-4-11-19(17)29-21/h1-4,7-9,11,18H,5-6,10,12-14H2,(H,24,25)/t18-/m1/s1. The number of carbonyl (C=O) groups is 1. The number of carbonyl (C=O) groups excluding carboxylic acids is 1. The summed E-state index contributed by atoms with van der Waals surface area (Å²) >= 11 is 3.40. The van der Waals surface area contributed by atoms with Crippen molar-refractivity contribution in [2.45, 2.75) is 36.9 Å². The molecule has 29 heavy (non-hydrogen) atoms. The molecule has 0 radical (unpaired) electrons. The van der Waals surface area contributed by atoms with Crippen molar-refractivity contribution in [1.82, 2.24) is 19.9 Å². The lowest BCUT2D eigenvalue weighted by Gasteiger charge is -2.23. The number of benzene rings is 2. The number of nitrogens with one attached hydrogen (secondary N) is 1. The van der Waals surface area contributed by atoms with Crippen LogP contribution in [0.15, 0.2) is 53.7 Å². The number of amides is 1. The van der Waals surface area contributed by atoms with E-state index in [4.69, 9.17) is 4.98 Å². The number of fused-ring (bicyclic) bond motifs is 2. The van der Waals surface area contributed by atoms with Crippen molar-refractivity contribution in [3.05, 3.63) is 53.5 Å². The van der Waals surface area contributed by atoms with E-state index in [1.54, 1.807) is 23.1 Å². The summed E-state index contributed by atoms with van der Waals surface area (Å²) in [5.74, 6) is 1.13. The Morgan fingerprint density at radius 1 is 1.14 bits per heavy atom. The molecule has 0 bridgehead atoms. The second-order valence-corrected chi connectivity index (χ2v) is 9.42. The highest BCUT2D eigenvalue weighted by Gasteiger charge is 2.31. The molecule has 1 aliphatic heterocycles. The van der Waals surface area contributed by atoms with Gasteiger partial charge in [-0.2, -0.15) is 0 Å². The normalized spacial score (nSPS) is 16.8. The van der Waals surface area contributed by atoms with E-state index in [1.165, 1.54) is 4.70 Å². The maximum Gasteiger partial charge on any atom is 0.223 e. The molecule has 3 heterocycles. The van der Waals surface area contributed by atoms with E-state index in [2.05, 4.69) is 16.0 Å². The molecular weight excluding hydrogens is 400 g/mol. The molecule has 1 N–H and O–H groups in total. The number of thioether (sulfide) groups is 1. The predicted molar refractivity (Wildman–Crippen MR) is 119 cm³/mol. The fourth-order valence-corrected chi connectivity index (χ4v) is 5.83. The van der Waals surface area contributed by atoms with E-state index < -0.39 is 0 Å². The van der Waals surface area contributed by atoms with Crippen molar-refractivity contribution >= 4 is 50.3 Å². The molecule has 0 unspecified atom stereocenters. The number of thiazole rings is 1. The van der Waals surface area contributed by atoms with Gasteiger partial charge in [0.1, 0.15) is 5.01 Å². The first-order valence-electron chi connectivity index (χ1n) is 10.0. The Morgan fingerprint density at radius 3 is 2.83 bits per heavy atom. The van der Waals surface area contributed by atoms with E-state index >= 15 is 0 Å². The van der Waals surface area contributed by atoms with E-state index in [-0.39, 0.29) is 11.9 Å². The maximum atomic E-state index is 12.9. The number of nitrogens with zero attached hydrogens (tertiary/aromatic N) is 3. The minimum absolute atomic E-state index is 0.142. The number of hydrogen-bond acceptors (Lipinski definition) is 5. The first-order valence-corrected chi connectivity index (χ1v) is 11.8. The van der Waals surface area contributed by atoms with Crippen LogP contribution >= 0.6 is 23.1 Å². The minimum Gasteiger partial charge on any atom is -0.333 e. The second kappa shape index (κ2) is 8.16. The second-order valence-electron chi connectivity index (χ2n) is 7.28. The van der Waals surface area contributed by atoms with Crippen LogP contribution in [0.2, 0.25) is 0 Å². The molecule has 4 aromatic rings. The lowest BCUT2D eigenvalue weighted by Crippen LogP contribution is -2.30. The Kier molecular flexibility index (Phi) is 5.24. The molecule has 1 fully saturated rings. The predicted octanol–water partition coefficient (Wildman–Crippen LogP) is 5.41. The number of imidazole rings is 1. The van der Waals surface area contributed by atoms with Crippen molar-refractivity contribution in [1.29, 1.82) is 0 Å². The zero-order valence-electron chi connectivity index (χ0n) is 16.0. The van der Waals surface area contributed by atoms with E-state index in [0.29, 0.717) is 6.42 Å². The fraction of sp³-hybridized carbons (Fsp3) is 0.318. The highest BCUT2D eigenvalue weighted by Crippen LogP contribution is 2.36. The van der Waals surface area contributed by atoms with Gasteiger partial charge in [-0.1, -0.05) is 36.0 Å². The van der Waals surface area contributed by atoms with Crippen LogP contribution in [0.1, 0.15) is 36.7 Å². The van der Waals surface area contributed by atoms with Crippen LogP contribution < -0.4 is 0 Å². The van der Waals surface area contributed by atoms with Crippen molar-refractivity contribution in [3.63, 3.8) is 0 Å². The monoisotopic (exact) mass is 422 g/mol. The Balaban J connectivity index is 1.17. The van der Waals surface area contributed by atoms with Gasteiger partial charge >= 0.3 is 0 Å². The third-order valence-corrected chi connectivity index (χ3v) is 7.41. The van der Waals surface area contributed by atoms with Gasteiger partial charge in [0.15, 0.2) is 5.16 Å². The van der Waals surface area contributed by atoms with Crippen molar-refractivity contribution < 1.29 is 4.79 Å².